The molecule has 0 amide bonds. The van der Waals surface area contributed by atoms with Crippen LogP contribution >= 0.6 is 22.6 Å². The second-order valence-electron chi connectivity index (χ2n) is 4.27. The molecule has 1 aromatic rings. The Kier molecular flexibility index (Phi) is 7.05. The maximum absolute atomic E-state index is 10.00. The Hall–Kier alpha value is -0.0900. The highest BCUT2D eigenvalue weighted by atomic mass is 127. The van der Waals surface area contributed by atoms with Gasteiger partial charge in [-0.05, 0) is 46.7 Å². The van der Waals surface area contributed by atoms with Gasteiger partial charge in [0.05, 0.1) is 6.10 Å². The van der Waals surface area contributed by atoms with E-state index < -0.39 is 0 Å². The van der Waals surface area contributed by atoms with Crippen LogP contribution in [0.4, 0.5) is 0 Å². The van der Waals surface area contributed by atoms with Gasteiger partial charge < -0.3 is 5.11 Å². The summed E-state index contributed by atoms with van der Waals surface area (Å²) in [5.41, 5.74) is 1.06. The molecule has 0 aliphatic carbocycles. The van der Waals surface area contributed by atoms with Gasteiger partial charge in [0.1, 0.15) is 0 Å². The summed E-state index contributed by atoms with van der Waals surface area (Å²) in [6.07, 6.45) is 6.89. The first kappa shape index (κ1) is 14.0. The molecule has 0 saturated heterocycles. The first-order valence-corrected chi connectivity index (χ1v) is 7.25. The summed E-state index contributed by atoms with van der Waals surface area (Å²) < 4.78 is 1.19. The van der Waals surface area contributed by atoms with Crippen LogP contribution in [0.25, 0.3) is 0 Å². The van der Waals surface area contributed by atoms with Crippen LogP contribution < -0.4 is 0 Å². The van der Waals surface area contributed by atoms with Gasteiger partial charge in [-0.15, -0.1) is 0 Å². The summed E-state index contributed by atoms with van der Waals surface area (Å²) in [7, 11) is 0. The predicted molar refractivity (Wildman–Crippen MR) is 77.5 cm³/mol. The summed E-state index contributed by atoms with van der Waals surface area (Å²) in [5.74, 6) is 0. The van der Waals surface area contributed by atoms with E-state index in [1.54, 1.807) is 0 Å². The summed E-state index contributed by atoms with van der Waals surface area (Å²) in [5, 5.41) is 10.00. The minimum atomic E-state index is -0.281. The van der Waals surface area contributed by atoms with Crippen LogP contribution in [0.5, 0.6) is 0 Å². The second kappa shape index (κ2) is 8.07. The lowest BCUT2D eigenvalue weighted by atomic mass is 10.0. The first-order chi connectivity index (χ1) is 7.74. The van der Waals surface area contributed by atoms with Gasteiger partial charge in [0.15, 0.2) is 0 Å². The van der Waals surface area contributed by atoms with Crippen LogP contribution in [0.3, 0.4) is 0 Å². The van der Waals surface area contributed by atoms with Gasteiger partial charge in [-0.1, -0.05) is 51.2 Å². The van der Waals surface area contributed by atoms with E-state index in [1.807, 2.05) is 12.1 Å². The maximum Gasteiger partial charge on any atom is 0.0790 e. The number of hydrogen-bond donors (Lipinski definition) is 1. The summed E-state index contributed by atoms with van der Waals surface area (Å²) in [6, 6.07) is 8.14. The molecule has 16 heavy (non-hydrogen) atoms. The number of hydrogen-bond acceptors (Lipinski definition) is 1. The molecule has 0 bridgehead atoms. The largest absolute Gasteiger partial charge is 0.388 e. The number of unbranched alkanes of at least 4 members (excludes halogenated alkanes) is 4. The van der Waals surface area contributed by atoms with Crippen molar-refractivity contribution in [1.82, 2.24) is 0 Å². The van der Waals surface area contributed by atoms with E-state index in [0.29, 0.717) is 0 Å². The van der Waals surface area contributed by atoms with E-state index >= 15 is 0 Å². The van der Waals surface area contributed by atoms with Crippen molar-refractivity contribution in [3.8, 4) is 0 Å². The SMILES string of the molecule is CCCCCCCC(O)c1cccc(I)c1. The molecule has 0 radical (unpaired) electrons. The lowest BCUT2D eigenvalue weighted by molar-refractivity contribution is 0.163. The van der Waals surface area contributed by atoms with Crippen LogP contribution in [0.15, 0.2) is 24.3 Å². The fraction of sp³-hybridized carbons (Fsp3) is 0.571. The lowest BCUT2D eigenvalue weighted by Gasteiger charge is -2.11. The number of rotatable bonds is 7. The van der Waals surface area contributed by atoms with E-state index in [1.165, 1.54) is 29.3 Å². The fourth-order valence-electron chi connectivity index (χ4n) is 1.82. The van der Waals surface area contributed by atoms with Crippen molar-refractivity contribution in [2.45, 2.75) is 51.6 Å². The molecule has 0 aliphatic heterocycles. The maximum atomic E-state index is 10.00. The molecule has 1 aromatic carbocycles. The van der Waals surface area contributed by atoms with Crippen molar-refractivity contribution in [1.29, 1.82) is 0 Å². The molecule has 2 heteroatoms. The second-order valence-corrected chi connectivity index (χ2v) is 5.52. The van der Waals surface area contributed by atoms with Crippen LogP contribution in [0, 0.1) is 3.57 Å². The number of benzene rings is 1. The zero-order valence-electron chi connectivity index (χ0n) is 9.95. The van der Waals surface area contributed by atoms with Gasteiger partial charge in [0, 0.05) is 3.57 Å². The smallest absolute Gasteiger partial charge is 0.0790 e. The highest BCUT2D eigenvalue weighted by Gasteiger charge is 2.06. The standard InChI is InChI=1S/C14H21IO/c1-2-3-4-5-6-10-14(16)12-8-7-9-13(15)11-12/h7-9,11,14,16H,2-6,10H2,1H3. The van der Waals surface area contributed by atoms with Gasteiger partial charge in [-0.25, -0.2) is 0 Å². The molecule has 90 valence electrons. The van der Waals surface area contributed by atoms with Crippen molar-refractivity contribution in [2.75, 3.05) is 0 Å². The van der Waals surface area contributed by atoms with Gasteiger partial charge >= 0.3 is 0 Å². The van der Waals surface area contributed by atoms with Gasteiger partial charge in [0.25, 0.3) is 0 Å². The van der Waals surface area contributed by atoms with Gasteiger partial charge in [0.2, 0.25) is 0 Å². The number of halogens is 1. The summed E-state index contributed by atoms with van der Waals surface area (Å²) >= 11 is 2.28. The Bertz CT molecular complexity index is 299. The minimum Gasteiger partial charge on any atom is -0.388 e. The monoisotopic (exact) mass is 332 g/mol. The molecular weight excluding hydrogens is 311 g/mol. The van der Waals surface area contributed by atoms with Crippen molar-refractivity contribution in [3.05, 3.63) is 33.4 Å². The van der Waals surface area contributed by atoms with E-state index in [0.717, 1.165) is 18.4 Å². The molecule has 0 spiro atoms. The molecule has 1 N–H and O–H groups in total. The molecule has 0 heterocycles. The third-order valence-electron chi connectivity index (χ3n) is 2.81. The van der Waals surface area contributed by atoms with Crippen molar-refractivity contribution in [3.63, 3.8) is 0 Å². The highest BCUT2D eigenvalue weighted by Crippen LogP contribution is 2.21. The Morgan fingerprint density at radius 2 is 1.94 bits per heavy atom. The van der Waals surface area contributed by atoms with E-state index in [2.05, 4.69) is 41.6 Å². The molecule has 1 rings (SSSR count). The van der Waals surface area contributed by atoms with Crippen molar-refractivity contribution >= 4 is 22.6 Å². The van der Waals surface area contributed by atoms with Gasteiger partial charge in [-0.2, -0.15) is 0 Å². The molecule has 0 aromatic heterocycles. The Morgan fingerprint density at radius 3 is 2.62 bits per heavy atom. The Labute approximate surface area is 112 Å². The predicted octanol–water partition coefficient (Wildman–Crippen LogP) is 4.69. The quantitative estimate of drug-likeness (QED) is 0.567. The third-order valence-corrected chi connectivity index (χ3v) is 3.49. The molecule has 1 unspecified atom stereocenters. The van der Waals surface area contributed by atoms with Crippen LogP contribution in [0.2, 0.25) is 0 Å². The van der Waals surface area contributed by atoms with E-state index in [4.69, 9.17) is 0 Å². The minimum absolute atomic E-state index is 0.281. The molecule has 0 saturated carbocycles. The fourth-order valence-corrected chi connectivity index (χ4v) is 2.39. The van der Waals surface area contributed by atoms with E-state index in [9.17, 15) is 5.11 Å². The summed E-state index contributed by atoms with van der Waals surface area (Å²) in [4.78, 5) is 0. The zero-order valence-corrected chi connectivity index (χ0v) is 12.1. The average Bonchev–Trinajstić information content (AvgIpc) is 2.28. The van der Waals surface area contributed by atoms with Crippen molar-refractivity contribution in [2.24, 2.45) is 0 Å². The Morgan fingerprint density at radius 1 is 1.19 bits per heavy atom. The van der Waals surface area contributed by atoms with Crippen LogP contribution in [-0.4, -0.2) is 5.11 Å². The molecule has 0 fully saturated rings. The van der Waals surface area contributed by atoms with Crippen molar-refractivity contribution < 1.29 is 5.11 Å². The molecule has 0 aliphatic rings. The van der Waals surface area contributed by atoms with E-state index in [-0.39, 0.29) is 6.10 Å². The zero-order chi connectivity index (χ0) is 11.8. The summed E-state index contributed by atoms with van der Waals surface area (Å²) in [6.45, 7) is 2.22. The third kappa shape index (κ3) is 5.30. The normalized spacial score (nSPS) is 12.7. The number of aliphatic hydroxyl groups is 1. The van der Waals surface area contributed by atoms with Crippen LogP contribution in [-0.2, 0) is 0 Å². The lowest BCUT2D eigenvalue weighted by Crippen LogP contribution is -1.97. The topological polar surface area (TPSA) is 20.2 Å². The highest BCUT2D eigenvalue weighted by molar-refractivity contribution is 14.1. The molecular formula is C14H21IO. The molecule has 1 nitrogen and oxygen atoms in total. The first-order valence-electron chi connectivity index (χ1n) is 6.17. The molecule has 1 atom stereocenters. The Balaban J connectivity index is 2.27. The average molecular weight is 332 g/mol. The number of aliphatic hydroxyl groups excluding tert-OH is 1. The van der Waals surface area contributed by atoms with Crippen LogP contribution in [0.1, 0.15) is 57.1 Å². The van der Waals surface area contributed by atoms with Gasteiger partial charge in [-0.3, -0.25) is 0 Å².